The molecule has 0 saturated heterocycles. The minimum Gasteiger partial charge on any atom is -0.488 e. The number of hydrogen-bond acceptors (Lipinski definition) is 5. The van der Waals surface area contributed by atoms with E-state index in [-0.39, 0.29) is 11.9 Å². The highest BCUT2D eigenvalue weighted by atomic mass is 31.2. The number of ketones is 1. The molecule has 0 atom stereocenters. The highest BCUT2D eigenvalue weighted by Gasteiger charge is 2.27. The van der Waals surface area contributed by atoms with Crippen molar-refractivity contribution in [2.24, 2.45) is 0 Å². The van der Waals surface area contributed by atoms with E-state index in [1.165, 1.54) is 14.2 Å². The molecule has 23 heavy (non-hydrogen) atoms. The molecule has 122 valence electrons. The Morgan fingerprint density at radius 1 is 0.957 bits per heavy atom. The van der Waals surface area contributed by atoms with Crippen molar-refractivity contribution in [1.29, 1.82) is 0 Å². The normalized spacial score (nSPS) is 11.2. The molecule has 0 aliphatic heterocycles. The third-order valence-electron chi connectivity index (χ3n) is 3.32. The molecule has 0 unspecified atom stereocenters. The van der Waals surface area contributed by atoms with E-state index in [1.54, 1.807) is 24.3 Å². The summed E-state index contributed by atoms with van der Waals surface area (Å²) in [6, 6.07) is 16.5. The molecule has 2 rings (SSSR count). The van der Waals surface area contributed by atoms with Gasteiger partial charge in [-0.15, -0.1) is 0 Å². The summed E-state index contributed by atoms with van der Waals surface area (Å²) in [5.74, 6) is 0.0980. The van der Waals surface area contributed by atoms with Crippen molar-refractivity contribution in [2.45, 2.75) is 6.61 Å². The fourth-order valence-corrected chi connectivity index (χ4v) is 2.95. The zero-order valence-electron chi connectivity index (χ0n) is 13.1. The largest absolute Gasteiger partial charge is 0.488 e. The van der Waals surface area contributed by atoms with Gasteiger partial charge in [0.05, 0.1) is 5.56 Å². The second-order valence-corrected chi connectivity index (χ2v) is 7.10. The minimum absolute atomic E-state index is 0.328. The van der Waals surface area contributed by atoms with Gasteiger partial charge in [0.15, 0.2) is 5.78 Å². The van der Waals surface area contributed by atoms with Gasteiger partial charge < -0.3 is 13.8 Å². The third-order valence-corrected chi connectivity index (χ3v) is 5.11. The molecule has 0 aliphatic rings. The molecule has 5 nitrogen and oxygen atoms in total. The van der Waals surface area contributed by atoms with Gasteiger partial charge in [0.2, 0.25) is 0 Å². The summed E-state index contributed by atoms with van der Waals surface area (Å²) >= 11 is 0. The average molecular weight is 334 g/mol. The number of ether oxygens (including phenoxy) is 1. The van der Waals surface area contributed by atoms with Crippen LogP contribution in [0, 0.1) is 0 Å². The van der Waals surface area contributed by atoms with E-state index >= 15 is 0 Å². The van der Waals surface area contributed by atoms with Crippen molar-refractivity contribution in [2.75, 3.05) is 20.4 Å². The molecule has 6 heteroatoms. The molecule has 0 aromatic heterocycles. The quantitative estimate of drug-likeness (QED) is 0.540. The van der Waals surface area contributed by atoms with Crippen LogP contribution in [0.15, 0.2) is 54.6 Å². The molecule has 2 aromatic carbocycles. The predicted molar refractivity (Wildman–Crippen MR) is 88.0 cm³/mol. The van der Waals surface area contributed by atoms with Crippen LogP contribution in [0.3, 0.4) is 0 Å². The first kappa shape index (κ1) is 17.4. The molecule has 0 fully saturated rings. The average Bonchev–Trinajstić information content (AvgIpc) is 2.61. The number of rotatable bonds is 8. The van der Waals surface area contributed by atoms with E-state index < -0.39 is 7.60 Å². The van der Waals surface area contributed by atoms with Gasteiger partial charge in [-0.3, -0.25) is 9.36 Å². The molecule has 0 bridgehead atoms. The summed E-state index contributed by atoms with van der Waals surface area (Å²) in [5.41, 5.74) is 1.35. The third kappa shape index (κ3) is 4.76. The maximum atomic E-state index is 12.4. The highest BCUT2D eigenvalue weighted by molar-refractivity contribution is 7.54. The minimum atomic E-state index is -3.40. The van der Waals surface area contributed by atoms with Crippen LogP contribution in [0.4, 0.5) is 0 Å². The summed E-state index contributed by atoms with van der Waals surface area (Å²) in [7, 11) is -0.886. The molecule has 0 aliphatic carbocycles. The topological polar surface area (TPSA) is 61.8 Å². The van der Waals surface area contributed by atoms with Gasteiger partial charge in [-0.05, 0) is 17.7 Å². The van der Waals surface area contributed by atoms with Gasteiger partial charge in [-0.2, -0.15) is 0 Å². The Bertz CT molecular complexity index is 691. The van der Waals surface area contributed by atoms with Gasteiger partial charge in [0.1, 0.15) is 18.5 Å². The van der Waals surface area contributed by atoms with Gasteiger partial charge in [0.25, 0.3) is 0 Å². The van der Waals surface area contributed by atoms with Gasteiger partial charge >= 0.3 is 7.60 Å². The van der Waals surface area contributed by atoms with Crippen LogP contribution in [0.25, 0.3) is 0 Å². The molecule has 0 N–H and O–H groups in total. The molecule has 0 radical (unpaired) electrons. The van der Waals surface area contributed by atoms with Crippen LogP contribution >= 0.6 is 7.60 Å². The molecular formula is C17H19O5P. The van der Waals surface area contributed by atoms with Crippen LogP contribution in [0.1, 0.15) is 15.9 Å². The Labute approximate surface area is 135 Å². The van der Waals surface area contributed by atoms with Crippen LogP contribution in [0.5, 0.6) is 5.75 Å². The summed E-state index contributed by atoms with van der Waals surface area (Å²) in [6.45, 7) is 0.345. The lowest BCUT2D eigenvalue weighted by Crippen LogP contribution is -2.10. The maximum Gasteiger partial charge on any atom is 0.337 e. The smallest absolute Gasteiger partial charge is 0.337 e. The Morgan fingerprint density at radius 2 is 1.57 bits per heavy atom. The molecule has 0 heterocycles. The van der Waals surface area contributed by atoms with E-state index in [9.17, 15) is 9.36 Å². The molecule has 0 amide bonds. The zero-order valence-corrected chi connectivity index (χ0v) is 14.0. The summed E-state index contributed by atoms with van der Waals surface area (Å²) in [6.07, 6.45) is -0.328. The first-order valence-electron chi connectivity index (χ1n) is 7.07. The number of hydrogen-bond donors (Lipinski definition) is 0. The SMILES string of the molecule is COP(=O)(CC(=O)c1ccccc1OCc1ccccc1)OC. The van der Waals surface area contributed by atoms with E-state index in [0.717, 1.165) is 5.56 Å². The van der Waals surface area contributed by atoms with Gasteiger partial charge in [-0.1, -0.05) is 42.5 Å². The van der Waals surface area contributed by atoms with E-state index in [2.05, 4.69) is 0 Å². The number of carbonyl (C=O) groups is 1. The van der Waals surface area contributed by atoms with Crippen molar-refractivity contribution >= 4 is 13.4 Å². The fourth-order valence-electron chi connectivity index (χ4n) is 2.02. The Kier molecular flexibility index (Phi) is 6.11. The first-order valence-corrected chi connectivity index (χ1v) is 8.80. The van der Waals surface area contributed by atoms with Gasteiger partial charge in [0, 0.05) is 14.2 Å². The van der Waals surface area contributed by atoms with E-state index in [4.69, 9.17) is 13.8 Å². The lowest BCUT2D eigenvalue weighted by molar-refractivity contribution is 0.100. The van der Waals surface area contributed by atoms with Crippen molar-refractivity contribution in [1.82, 2.24) is 0 Å². The summed E-state index contributed by atoms with van der Waals surface area (Å²) < 4.78 is 27.5. The number of benzene rings is 2. The lowest BCUT2D eigenvalue weighted by atomic mass is 10.1. The highest BCUT2D eigenvalue weighted by Crippen LogP contribution is 2.46. The lowest BCUT2D eigenvalue weighted by Gasteiger charge is -2.14. The maximum absolute atomic E-state index is 12.4. The van der Waals surface area contributed by atoms with Crippen molar-refractivity contribution in [3.63, 3.8) is 0 Å². The summed E-state index contributed by atoms with van der Waals surface area (Å²) in [4.78, 5) is 12.4. The first-order chi connectivity index (χ1) is 11.1. The monoisotopic (exact) mass is 334 g/mol. The molecular weight excluding hydrogens is 315 g/mol. The number of Topliss-reactive ketones (excluding diaryl/α,β-unsaturated/α-hetero) is 1. The standard InChI is InChI=1S/C17H19O5P/c1-20-23(19,21-2)13-16(18)15-10-6-7-11-17(15)22-12-14-8-4-3-5-9-14/h3-11H,12-13H2,1-2H3. The number of carbonyl (C=O) groups excluding carboxylic acids is 1. The molecule has 0 saturated carbocycles. The van der Waals surface area contributed by atoms with Crippen LogP contribution in [0.2, 0.25) is 0 Å². The van der Waals surface area contributed by atoms with E-state index in [0.29, 0.717) is 17.9 Å². The van der Waals surface area contributed by atoms with Crippen molar-refractivity contribution in [3.8, 4) is 5.75 Å². The van der Waals surface area contributed by atoms with E-state index in [1.807, 2.05) is 30.3 Å². The Balaban J connectivity index is 2.14. The van der Waals surface area contributed by atoms with Gasteiger partial charge in [-0.25, -0.2) is 0 Å². The zero-order chi connectivity index (χ0) is 16.7. The fraction of sp³-hybridized carbons (Fsp3) is 0.235. The van der Waals surface area contributed by atoms with Crippen molar-refractivity contribution < 1.29 is 23.1 Å². The van der Waals surface area contributed by atoms with Crippen molar-refractivity contribution in [3.05, 3.63) is 65.7 Å². The predicted octanol–water partition coefficient (Wildman–Crippen LogP) is 3.93. The summed E-state index contributed by atoms with van der Waals surface area (Å²) in [5, 5.41) is 0. The molecule has 2 aromatic rings. The Hall–Kier alpha value is -1.94. The Morgan fingerprint density at radius 3 is 2.22 bits per heavy atom. The second kappa shape index (κ2) is 8.06. The van der Waals surface area contributed by atoms with Crippen LogP contribution in [-0.4, -0.2) is 26.2 Å². The molecule has 0 spiro atoms. The van der Waals surface area contributed by atoms with Crippen LogP contribution < -0.4 is 4.74 Å². The number of para-hydroxylation sites is 1. The van der Waals surface area contributed by atoms with Crippen LogP contribution in [-0.2, 0) is 20.2 Å². The second-order valence-electron chi connectivity index (χ2n) is 4.83.